The smallest absolute Gasteiger partial charge is 0.317 e. The van der Waals surface area contributed by atoms with Gasteiger partial charge in [0.15, 0.2) is 0 Å². The van der Waals surface area contributed by atoms with Crippen molar-refractivity contribution in [3.63, 3.8) is 0 Å². The Morgan fingerprint density at radius 1 is 1.45 bits per heavy atom. The lowest BCUT2D eigenvalue weighted by molar-refractivity contribution is -0.116. The maximum atomic E-state index is 11.9. The molecule has 1 unspecified atom stereocenters. The number of pyridine rings is 1. The van der Waals surface area contributed by atoms with Crippen LogP contribution in [0, 0.1) is 6.92 Å². The monoisotopic (exact) mass is 306 g/mol. The summed E-state index contributed by atoms with van der Waals surface area (Å²) >= 11 is 0. The minimum atomic E-state index is -0.174. The first kappa shape index (κ1) is 16.2. The molecule has 3 amide bonds. The molecule has 1 saturated heterocycles. The Balaban J connectivity index is 1.68. The van der Waals surface area contributed by atoms with E-state index in [1.807, 2.05) is 19.9 Å². The molecule has 1 aromatic heterocycles. The molecular formula is C15H22N4O3. The van der Waals surface area contributed by atoms with Crippen molar-refractivity contribution in [3.05, 3.63) is 23.9 Å². The molecule has 22 heavy (non-hydrogen) atoms. The third-order valence-electron chi connectivity index (χ3n) is 3.34. The Morgan fingerprint density at radius 2 is 2.27 bits per heavy atom. The molecule has 1 atom stereocenters. The van der Waals surface area contributed by atoms with Gasteiger partial charge in [-0.15, -0.1) is 0 Å². The first-order valence-corrected chi connectivity index (χ1v) is 7.41. The molecule has 0 aliphatic carbocycles. The van der Waals surface area contributed by atoms with Crippen molar-refractivity contribution in [1.29, 1.82) is 0 Å². The van der Waals surface area contributed by atoms with Gasteiger partial charge in [0.1, 0.15) is 5.82 Å². The highest BCUT2D eigenvalue weighted by Gasteiger charge is 2.20. The van der Waals surface area contributed by atoms with Gasteiger partial charge in [-0.1, -0.05) is 6.07 Å². The van der Waals surface area contributed by atoms with Gasteiger partial charge in [0, 0.05) is 32.3 Å². The number of nitrogens with one attached hydrogen (secondary N) is 2. The Hall–Kier alpha value is -2.15. The molecule has 0 saturated carbocycles. The fourth-order valence-corrected chi connectivity index (χ4v) is 2.14. The number of carbonyl (C=O) groups excluding carboxylic acids is 2. The van der Waals surface area contributed by atoms with E-state index in [4.69, 9.17) is 4.74 Å². The molecule has 0 aromatic carbocycles. The average Bonchev–Trinajstić information content (AvgIpc) is 2.49. The van der Waals surface area contributed by atoms with E-state index >= 15 is 0 Å². The second-order valence-electron chi connectivity index (χ2n) is 5.38. The SMILES string of the molecule is Cc1ccc(NC(=O)CCNC(=O)N2CCOC(C)C2)nc1. The number of anilines is 1. The quantitative estimate of drug-likeness (QED) is 0.874. The maximum Gasteiger partial charge on any atom is 0.317 e. The van der Waals surface area contributed by atoms with Gasteiger partial charge in [-0.25, -0.2) is 9.78 Å². The molecule has 1 aliphatic heterocycles. The van der Waals surface area contributed by atoms with Gasteiger partial charge < -0.3 is 20.3 Å². The van der Waals surface area contributed by atoms with Gasteiger partial charge in [-0.3, -0.25) is 4.79 Å². The highest BCUT2D eigenvalue weighted by atomic mass is 16.5. The van der Waals surface area contributed by atoms with Crippen LogP contribution in [0.15, 0.2) is 18.3 Å². The zero-order chi connectivity index (χ0) is 15.9. The third-order valence-corrected chi connectivity index (χ3v) is 3.34. The molecule has 2 rings (SSSR count). The number of hydrogen-bond donors (Lipinski definition) is 2. The number of hydrogen-bond acceptors (Lipinski definition) is 4. The highest BCUT2D eigenvalue weighted by Crippen LogP contribution is 2.05. The first-order chi connectivity index (χ1) is 10.5. The van der Waals surface area contributed by atoms with Gasteiger partial charge in [-0.05, 0) is 25.5 Å². The summed E-state index contributed by atoms with van der Waals surface area (Å²) in [6.45, 7) is 5.86. The van der Waals surface area contributed by atoms with E-state index in [1.165, 1.54) is 0 Å². The minimum absolute atomic E-state index is 0.0513. The molecule has 1 aromatic rings. The Bertz CT molecular complexity index is 518. The van der Waals surface area contributed by atoms with Gasteiger partial charge in [0.25, 0.3) is 0 Å². The Kier molecular flexibility index (Phi) is 5.71. The van der Waals surface area contributed by atoms with Crippen molar-refractivity contribution < 1.29 is 14.3 Å². The van der Waals surface area contributed by atoms with Crippen molar-refractivity contribution in [2.75, 3.05) is 31.6 Å². The summed E-state index contributed by atoms with van der Waals surface area (Å²) in [5, 5.41) is 5.44. The highest BCUT2D eigenvalue weighted by molar-refractivity contribution is 5.90. The van der Waals surface area contributed by atoms with Crippen molar-refractivity contribution >= 4 is 17.8 Å². The molecule has 1 fully saturated rings. The van der Waals surface area contributed by atoms with Crippen LogP contribution in [0.25, 0.3) is 0 Å². The normalized spacial score (nSPS) is 17.9. The van der Waals surface area contributed by atoms with Crippen molar-refractivity contribution in [1.82, 2.24) is 15.2 Å². The molecule has 120 valence electrons. The fraction of sp³-hybridized carbons (Fsp3) is 0.533. The summed E-state index contributed by atoms with van der Waals surface area (Å²) in [6.07, 6.45) is 1.95. The number of ether oxygens (including phenoxy) is 1. The average molecular weight is 306 g/mol. The second-order valence-corrected chi connectivity index (χ2v) is 5.38. The zero-order valence-electron chi connectivity index (χ0n) is 13.0. The van der Waals surface area contributed by atoms with E-state index in [0.717, 1.165) is 5.56 Å². The van der Waals surface area contributed by atoms with Crippen LogP contribution in [-0.2, 0) is 9.53 Å². The summed E-state index contributed by atoms with van der Waals surface area (Å²) in [5.74, 6) is 0.343. The van der Waals surface area contributed by atoms with Gasteiger partial charge in [0.05, 0.1) is 12.7 Å². The number of nitrogens with zero attached hydrogens (tertiary/aromatic N) is 2. The van der Waals surface area contributed by atoms with Crippen LogP contribution in [0.2, 0.25) is 0 Å². The number of morpholine rings is 1. The molecule has 2 N–H and O–H groups in total. The molecule has 7 heteroatoms. The van der Waals surface area contributed by atoms with Crippen molar-refractivity contribution in [3.8, 4) is 0 Å². The van der Waals surface area contributed by atoms with Gasteiger partial charge in [0.2, 0.25) is 5.91 Å². The molecular weight excluding hydrogens is 284 g/mol. The van der Waals surface area contributed by atoms with Crippen LogP contribution in [0.1, 0.15) is 18.9 Å². The third kappa shape index (κ3) is 5.00. The topological polar surface area (TPSA) is 83.6 Å². The van der Waals surface area contributed by atoms with E-state index in [0.29, 0.717) is 32.1 Å². The number of aromatic nitrogens is 1. The lowest BCUT2D eigenvalue weighted by Crippen LogP contribution is -2.49. The Labute approximate surface area is 130 Å². The van der Waals surface area contributed by atoms with Crippen LogP contribution in [0.3, 0.4) is 0 Å². The summed E-state index contributed by atoms with van der Waals surface area (Å²) < 4.78 is 5.38. The van der Waals surface area contributed by atoms with Gasteiger partial charge in [-0.2, -0.15) is 0 Å². The van der Waals surface area contributed by atoms with Crippen molar-refractivity contribution in [2.45, 2.75) is 26.4 Å². The number of urea groups is 1. The number of rotatable bonds is 4. The first-order valence-electron chi connectivity index (χ1n) is 7.41. The molecule has 1 aliphatic rings. The van der Waals surface area contributed by atoms with Crippen LogP contribution >= 0.6 is 0 Å². The standard InChI is InChI=1S/C15H22N4O3/c1-11-3-4-13(17-9-11)18-14(20)5-6-16-15(21)19-7-8-22-12(2)10-19/h3-4,9,12H,5-8,10H2,1-2H3,(H,16,21)(H,17,18,20). The van der Waals surface area contributed by atoms with Crippen LogP contribution < -0.4 is 10.6 Å². The number of carbonyl (C=O) groups is 2. The van der Waals surface area contributed by atoms with Crippen LogP contribution in [0.4, 0.5) is 10.6 Å². The van der Waals surface area contributed by atoms with E-state index < -0.39 is 0 Å². The van der Waals surface area contributed by atoms with Crippen LogP contribution in [0.5, 0.6) is 0 Å². The van der Waals surface area contributed by atoms with E-state index in [2.05, 4.69) is 15.6 Å². The van der Waals surface area contributed by atoms with E-state index in [9.17, 15) is 9.59 Å². The lowest BCUT2D eigenvalue weighted by atomic mass is 10.3. The Morgan fingerprint density at radius 3 is 2.95 bits per heavy atom. The van der Waals surface area contributed by atoms with Crippen LogP contribution in [-0.4, -0.2) is 54.2 Å². The second kappa shape index (κ2) is 7.74. The molecule has 7 nitrogen and oxygen atoms in total. The van der Waals surface area contributed by atoms with E-state index in [1.54, 1.807) is 17.2 Å². The van der Waals surface area contributed by atoms with E-state index in [-0.39, 0.29) is 24.5 Å². The van der Waals surface area contributed by atoms with Crippen molar-refractivity contribution in [2.24, 2.45) is 0 Å². The predicted octanol–water partition coefficient (Wildman–Crippen LogP) is 1.15. The maximum absolute atomic E-state index is 11.9. The summed E-state index contributed by atoms with van der Waals surface area (Å²) in [6, 6.07) is 3.47. The minimum Gasteiger partial charge on any atom is -0.375 e. The lowest BCUT2D eigenvalue weighted by Gasteiger charge is -2.31. The number of amides is 3. The fourth-order valence-electron chi connectivity index (χ4n) is 2.14. The van der Waals surface area contributed by atoms with Gasteiger partial charge >= 0.3 is 6.03 Å². The summed E-state index contributed by atoms with van der Waals surface area (Å²) in [7, 11) is 0. The molecule has 0 spiro atoms. The molecule has 2 heterocycles. The largest absolute Gasteiger partial charge is 0.375 e. The summed E-state index contributed by atoms with van der Waals surface area (Å²) in [5.41, 5.74) is 1.03. The molecule has 0 radical (unpaired) electrons. The summed E-state index contributed by atoms with van der Waals surface area (Å²) in [4.78, 5) is 29.5. The zero-order valence-corrected chi connectivity index (χ0v) is 13.0. The number of aryl methyl sites for hydroxylation is 1. The predicted molar refractivity (Wildman–Crippen MR) is 82.6 cm³/mol. The molecule has 0 bridgehead atoms.